The summed E-state index contributed by atoms with van der Waals surface area (Å²) in [7, 11) is 16.5. The SMILES string of the molecule is COc1ccc(CN2C(=O)C(Cc3ccccc3Cl)N=C(c3cncc(N)c3)c3cc(Cl)ccc32)cc1.Nc1cncc(C2=NC(Cc3ccccc3Cl)C(=O)Cc3ccc(Cl)cc32)c1.[Cl][Al]([Cl])[Cl]. The third-order valence-electron chi connectivity index (χ3n) is 11.0. The number of hydrogen-bond acceptors (Lipinski definition) is 9. The maximum absolute atomic E-state index is 14.2. The maximum atomic E-state index is 14.2. The van der Waals surface area contributed by atoms with E-state index < -0.39 is 23.5 Å². The van der Waals surface area contributed by atoms with E-state index in [-0.39, 0.29) is 18.1 Å². The number of fused-ring (bicyclic) bond motifs is 2. The number of hydrogen-bond donors (Lipinski definition) is 2. The van der Waals surface area contributed by atoms with Crippen molar-refractivity contribution in [2.75, 3.05) is 23.5 Å². The van der Waals surface area contributed by atoms with E-state index in [2.05, 4.69) is 9.97 Å². The molecule has 2 aromatic heterocycles. The van der Waals surface area contributed by atoms with Gasteiger partial charge in [0, 0.05) is 86.4 Å². The Morgan fingerprint density at radius 1 is 0.638 bits per heavy atom. The number of benzene rings is 5. The molecule has 0 saturated heterocycles. The van der Waals surface area contributed by atoms with Gasteiger partial charge in [-0.05, 0) is 89.0 Å². The number of anilines is 3. The number of methoxy groups -OCH3 is 1. The third kappa shape index (κ3) is 13.6. The van der Waals surface area contributed by atoms with Crippen molar-refractivity contribution in [3.8, 4) is 5.75 Å². The first kappa shape index (κ1) is 51.7. The number of rotatable bonds is 9. The van der Waals surface area contributed by atoms with Crippen LogP contribution in [0.25, 0.3) is 0 Å². The minimum atomic E-state index is -1.72. The summed E-state index contributed by atoms with van der Waals surface area (Å²) in [6, 6.07) is 35.9. The van der Waals surface area contributed by atoms with E-state index >= 15 is 0 Å². The lowest BCUT2D eigenvalue weighted by atomic mass is 9.95. The van der Waals surface area contributed by atoms with Gasteiger partial charge in [0.2, 0.25) is 0 Å². The Morgan fingerprint density at radius 2 is 1.14 bits per heavy atom. The van der Waals surface area contributed by atoms with Crippen molar-refractivity contribution in [3.05, 3.63) is 211 Å². The van der Waals surface area contributed by atoms with Crippen LogP contribution in [0.3, 0.4) is 0 Å². The molecule has 0 radical (unpaired) electrons. The second kappa shape index (κ2) is 24.1. The predicted octanol–water partition coefficient (Wildman–Crippen LogP) is 12.2. The fourth-order valence-corrected chi connectivity index (χ4v) is 8.56. The van der Waals surface area contributed by atoms with Gasteiger partial charge in [-0.1, -0.05) is 101 Å². The lowest BCUT2D eigenvalue weighted by Crippen LogP contribution is -2.38. The van der Waals surface area contributed by atoms with Crippen LogP contribution in [0.5, 0.6) is 5.75 Å². The molecule has 10 nitrogen and oxygen atoms in total. The number of carbonyl (C=O) groups is 2. The molecule has 0 bridgehead atoms. The van der Waals surface area contributed by atoms with Gasteiger partial charge in [0.25, 0.3) is 5.91 Å². The number of Topliss-reactive ketones (excluding diaryl/α,β-unsaturated/α-hetero) is 1. The molecular formula is C51H41AlCl7N7O3. The molecule has 4 heterocycles. The van der Waals surface area contributed by atoms with Crippen molar-refractivity contribution >= 4 is 128 Å². The summed E-state index contributed by atoms with van der Waals surface area (Å²) in [4.78, 5) is 47.2. The lowest BCUT2D eigenvalue weighted by molar-refractivity contribution is -0.120. The molecule has 2 aliphatic rings. The Morgan fingerprint density at radius 3 is 1.70 bits per heavy atom. The molecule has 7 aromatic rings. The largest absolute Gasteiger partial charge is 0.643 e. The summed E-state index contributed by atoms with van der Waals surface area (Å²) in [6.07, 6.45) is 7.58. The zero-order chi connectivity index (χ0) is 49.2. The van der Waals surface area contributed by atoms with Gasteiger partial charge >= 0.3 is 11.4 Å². The van der Waals surface area contributed by atoms with Crippen LogP contribution in [0.1, 0.15) is 44.5 Å². The molecule has 0 aliphatic carbocycles. The quantitative estimate of drug-likeness (QED) is 0.137. The van der Waals surface area contributed by atoms with E-state index in [0.29, 0.717) is 73.5 Å². The fourth-order valence-electron chi connectivity index (χ4n) is 7.79. The van der Waals surface area contributed by atoms with Crippen molar-refractivity contribution in [2.24, 2.45) is 9.98 Å². The highest BCUT2D eigenvalue weighted by atomic mass is 35.8. The van der Waals surface area contributed by atoms with E-state index in [1.54, 1.807) is 61.1 Å². The smallest absolute Gasteiger partial charge is 0.497 e. The van der Waals surface area contributed by atoms with Crippen LogP contribution in [-0.4, -0.2) is 63.7 Å². The van der Waals surface area contributed by atoms with Gasteiger partial charge in [0.1, 0.15) is 17.8 Å². The van der Waals surface area contributed by atoms with Crippen LogP contribution >= 0.6 is 76.6 Å². The second-order valence-electron chi connectivity index (χ2n) is 15.7. The number of nitrogens with two attached hydrogens (primary N) is 2. The van der Waals surface area contributed by atoms with Gasteiger partial charge in [0.15, 0.2) is 5.78 Å². The molecule has 0 saturated carbocycles. The Hall–Kier alpha value is -5.16. The number of carbonyl (C=O) groups excluding carboxylic acids is 2. The third-order valence-corrected chi connectivity index (χ3v) is 12.2. The molecular weight excluding hydrogens is 1030 g/mol. The summed E-state index contributed by atoms with van der Waals surface area (Å²) in [5.41, 5.74) is 21.6. The van der Waals surface area contributed by atoms with E-state index in [9.17, 15) is 9.59 Å². The number of amides is 1. The molecule has 2 aliphatic heterocycles. The van der Waals surface area contributed by atoms with Crippen molar-refractivity contribution in [3.63, 3.8) is 0 Å². The van der Waals surface area contributed by atoms with E-state index in [1.807, 2.05) is 97.1 Å². The van der Waals surface area contributed by atoms with Gasteiger partial charge < -0.3 is 21.1 Å². The van der Waals surface area contributed by atoms with Crippen LogP contribution in [0.15, 0.2) is 156 Å². The highest BCUT2D eigenvalue weighted by Gasteiger charge is 2.33. The highest BCUT2D eigenvalue weighted by molar-refractivity contribution is 7.54. The lowest BCUT2D eigenvalue weighted by Gasteiger charge is -2.26. The number of nitrogens with zero attached hydrogens (tertiary/aromatic N) is 5. The number of halogens is 7. The first-order valence-corrected chi connectivity index (χ1v) is 27.9. The Kier molecular flexibility index (Phi) is 18.1. The molecule has 0 spiro atoms. The van der Waals surface area contributed by atoms with Crippen molar-refractivity contribution < 1.29 is 14.3 Å². The summed E-state index contributed by atoms with van der Waals surface area (Å²) in [5.74, 6) is 0.635. The Balaban J connectivity index is 0.000000195. The first-order chi connectivity index (χ1) is 33.2. The zero-order valence-electron chi connectivity index (χ0n) is 36.7. The van der Waals surface area contributed by atoms with Crippen LogP contribution in [0.4, 0.5) is 17.1 Å². The van der Waals surface area contributed by atoms with E-state index in [1.165, 1.54) is 0 Å². The number of ether oxygens (including phenoxy) is 1. The molecule has 18 heteroatoms. The van der Waals surface area contributed by atoms with Gasteiger partial charge in [-0.3, -0.25) is 29.5 Å². The number of aliphatic imine (C=N–C) groups is 2. The number of aromatic nitrogens is 2. The molecule has 4 N–H and O–H groups in total. The number of nitrogen functional groups attached to an aromatic ring is 2. The summed E-state index contributed by atoms with van der Waals surface area (Å²) in [6.45, 7) is 0.342. The highest BCUT2D eigenvalue weighted by Crippen LogP contribution is 2.34. The van der Waals surface area contributed by atoms with E-state index in [0.717, 1.165) is 44.7 Å². The normalized spacial score (nSPS) is 15.1. The molecule has 0 fully saturated rings. The van der Waals surface area contributed by atoms with Crippen molar-refractivity contribution in [2.45, 2.75) is 37.9 Å². The van der Waals surface area contributed by atoms with Crippen LogP contribution in [-0.2, 0) is 35.4 Å². The average molecular weight is 1080 g/mol. The van der Waals surface area contributed by atoms with Gasteiger partial charge in [-0.15, -0.1) is 0 Å². The Bertz CT molecular complexity index is 3050. The summed E-state index contributed by atoms with van der Waals surface area (Å²) in [5, 5.41) is 2.33. The molecule has 2 unspecified atom stereocenters. The minimum Gasteiger partial charge on any atom is -0.497 e. The van der Waals surface area contributed by atoms with Crippen LogP contribution in [0, 0.1) is 0 Å². The first-order valence-electron chi connectivity index (χ1n) is 21.2. The molecule has 1 amide bonds. The Labute approximate surface area is 436 Å². The van der Waals surface area contributed by atoms with Crippen LogP contribution < -0.4 is 21.1 Å². The topological polar surface area (TPSA) is 149 Å². The maximum Gasteiger partial charge on any atom is 0.643 e. The van der Waals surface area contributed by atoms with Crippen molar-refractivity contribution in [1.82, 2.24) is 9.97 Å². The number of ketones is 1. The summed E-state index contributed by atoms with van der Waals surface area (Å²) < 4.78 is 5.29. The number of pyridine rings is 2. The fraction of sp³-hybridized carbons (Fsp3) is 0.137. The second-order valence-corrected chi connectivity index (χ2v) is 23.8. The van der Waals surface area contributed by atoms with Gasteiger partial charge in [0.05, 0.1) is 42.1 Å². The zero-order valence-corrected chi connectivity index (χ0v) is 43.1. The average Bonchev–Trinajstić information content (AvgIpc) is 3.52. The standard InChI is InChI=1S/C29H24Cl2N4O2.C22H17Cl2N3O.Al.3ClH/c1-37-23-9-6-18(7-10-23)17-35-27-11-8-21(30)14-24(27)28(20-12-22(32)16-33-15-20)34-26(29(35)36)13-19-4-2-3-5-25(19)31;23-16-6-5-13-9-21(28)20(8-14-3-1-2-4-19(14)24)27-22(18(13)10-16)15-7-17(25)12-26-11-15;;;;/h2-12,14-16,26H,13,17,32H2,1H3;1-7,10-12,20H,8-9,25H2;;3*1H/q;;+3;;;/p-3. The monoisotopic (exact) mass is 1070 g/mol. The molecule has 69 heavy (non-hydrogen) atoms. The van der Waals surface area contributed by atoms with Crippen molar-refractivity contribution in [1.29, 1.82) is 0 Å². The molecule has 5 aromatic carbocycles. The molecule has 350 valence electrons. The minimum absolute atomic E-state index is 0.0374. The summed E-state index contributed by atoms with van der Waals surface area (Å²) >= 11 is 23.8. The van der Waals surface area contributed by atoms with E-state index in [4.69, 9.17) is 103 Å². The van der Waals surface area contributed by atoms with Gasteiger partial charge in [-0.25, -0.2) is 30.1 Å². The van der Waals surface area contributed by atoms with Gasteiger partial charge in [-0.2, -0.15) is 0 Å². The molecule has 9 rings (SSSR count). The predicted molar refractivity (Wildman–Crippen MR) is 286 cm³/mol. The molecule has 2 atom stereocenters. The van der Waals surface area contributed by atoms with Crippen LogP contribution in [0.2, 0.25) is 20.1 Å². The number of benzodiazepines with no additional fused rings is 1.